The molecule has 0 N–H and O–H groups in total. The van der Waals surface area contributed by atoms with E-state index >= 15 is 0 Å². The van der Waals surface area contributed by atoms with Crippen LogP contribution in [-0.2, 0) is 18.3 Å². The van der Waals surface area contributed by atoms with E-state index in [0.717, 1.165) is 0 Å². The number of hydrogen-bond donors (Lipinski definition) is 0. The van der Waals surface area contributed by atoms with Crippen molar-refractivity contribution in [2.24, 2.45) is 7.05 Å². The molecule has 2 aromatic rings. The second-order valence-electron chi connectivity index (χ2n) is 3.58. The summed E-state index contributed by atoms with van der Waals surface area (Å²) in [6, 6.07) is 0. The number of aromatic nitrogens is 4. The smallest absolute Gasteiger partial charge is 0.238 e. The number of hydrogen-bond acceptors (Lipinski definition) is 5. The Kier molecular flexibility index (Phi) is 2.80. The fourth-order valence-corrected chi connectivity index (χ4v) is 1.31. The number of Topliss-reactive ketones (excluding diaryl/α,β-unsaturated/α-hetero) is 1. The molecule has 0 spiro atoms. The van der Waals surface area contributed by atoms with Gasteiger partial charge in [0.25, 0.3) is 0 Å². The van der Waals surface area contributed by atoms with Gasteiger partial charge >= 0.3 is 0 Å². The third-order valence-corrected chi connectivity index (χ3v) is 2.18. The minimum Gasteiger partial charge on any atom is -0.339 e. The molecule has 6 heteroatoms. The Bertz CT molecular complexity index is 500. The predicted molar refractivity (Wildman–Crippen MR) is 55.5 cm³/mol. The summed E-state index contributed by atoms with van der Waals surface area (Å²) >= 11 is 0. The summed E-state index contributed by atoms with van der Waals surface area (Å²) in [5, 5.41) is 3.82. The van der Waals surface area contributed by atoms with Crippen molar-refractivity contribution in [2.45, 2.75) is 19.8 Å². The molecule has 0 aliphatic rings. The van der Waals surface area contributed by atoms with Gasteiger partial charge in [0.15, 0.2) is 5.82 Å². The largest absolute Gasteiger partial charge is 0.339 e. The van der Waals surface area contributed by atoms with Crippen molar-refractivity contribution in [1.82, 2.24) is 19.7 Å². The first kappa shape index (κ1) is 10.5. The summed E-state index contributed by atoms with van der Waals surface area (Å²) in [6.45, 7) is 1.54. The van der Waals surface area contributed by atoms with Crippen molar-refractivity contribution in [2.75, 3.05) is 0 Å². The van der Waals surface area contributed by atoms with E-state index in [4.69, 9.17) is 4.52 Å². The van der Waals surface area contributed by atoms with Crippen molar-refractivity contribution < 1.29 is 9.32 Å². The van der Waals surface area contributed by atoms with Gasteiger partial charge in [0.2, 0.25) is 11.7 Å². The number of carbonyl (C=O) groups excluding carboxylic acids is 1. The molecule has 0 saturated heterocycles. The molecule has 16 heavy (non-hydrogen) atoms. The lowest BCUT2D eigenvalue weighted by molar-refractivity contribution is -0.117. The van der Waals surface area contributed by atoms with E-state index in [0.29, 0.717) is 30.4 Å². The Morgan fingerprint density at radius 1 is 1.56 bits per heavy atom. The SMILES string of the molecule is CC(=O)CCc1nc(-c2nccn2C)no1. The molecule has 84 valence electrons. The second kappa shape index (κ2) is 4.26. The highest BCUT2D eigenvalue weighted by Crippen LogP contribution is 2.12. The summed E-state index contributed by atoms with van der Waals surface area (Å²) in [5.41, 5.74) is 0. The summed E-state index contributed by atoms with van der Waals surface area (Å²) in [4.78, 5) is 19.1. The molecule has 2 heterocycles. The summed E-state index contributed by atoms with van der Waals surface area (Å²) < 4.78 is 6.83. The molecule has 0 amide bonds. The first-order valence-corrected chi connectivity index (χ1v) is 4.96. The molecule has 2 aromatic heterocycles. The molecule has 0 atom stereocenters. The van der Waals surface area contributed by atoms with Crippen LogP contribution in [0.5, 0.6) is 0 Å². The molecule has 0 aromatic carbocycles. The first-order chi connectivity index (χ1) is 7.66. The molecule has 0 aliphatic heterocycles. The fourth-order valence-electron chi connectivity index (χ4n) is 1.31. The molecular weight excluding hydrogens is 208 g/mol. The second-order valence-corrected chi connectivity index (χ2v) is 3.58. The normalized spacial score (nSPS) is 10.6. The minimum absolute atomic E-state index is 0.108. The van der Waals surface area contributed by atoms with Gasteiger partial charge in [-0.05, 0) is 6.92 Å². The molecule has 0 aliphatic carbocycles. The zero-order valence-corrected chi connectivity index (χ0v) is 9.17. The van der Waals surface area contributed by atoms with E-state index in [2.05, 4.69) is 15.1 Å². The third-order valence-electron chi connectivity index (χ3n) is 2.18. The Hall–Kier alpha value is -1.98. The van der Waals surface area contributed by atoms with Gasteiger partial charge in [-0.3, -0.25) is 0 Å². The van der Waals surface area contributed by atoms with E-state index in [1.54, 1.807) is 17.0 Å². The molecule has 0 unspecified atom stereocenters. The van der Waals surface area contributed by atoms with Crippen molar-refractivity contribution in [1.29, 1.82) is 0 Å². The Morgan fingerprint density at radius 2 is 2.38 bits per heavy atom. The van der Waals surface area contributed by atoms with E-state index < -0.39 is 0 Å². The van der Waals surface area contributed by atoms with E-state index in [-0.39, 0.29) is 5.78 Å². The minimum atomic E-state index is 0.108. The van der Waals surface area contributed by atoms with Gasteiger partial charge in [0, 0.05) is 32.3 Å². The number of nitrogens with zero attached hydrogens (tertiary/aromatic N) is 4. The molecular formula is C10H12N4O2. The average molecular weight is 220 g/mol. The van der Waals surface area contributed by atoms with Crippen LogP contribution < -0.4 is 0 Å². The van der Waals surface area contributed by atoms with Crippen molar-refractivity contribution in [3.8, 4) is 11.6 Å². The van der Waals surface area contributed by atoms with Crippen LogP contribution in [-0.4, -0.2) is 25.5 Å². The van der Waals surface area contributed by atoms with Crippen LogP contribution in [0, 0.1) is 0 Å². The number of rotatable bonds is 4. The van der Waals surface area contributed by atoms with Crippen molar-refractivity contribution in [3.05, 3.63) is 18.3 Å². The quantitative estimate of drug-likeness (QED) is 0.768. The van der Waals surface area contributed by atoms with Crippen LogP contribution in [0.15, 0.2) is 16.9 Å². The molecule has 6 nitrogen and oxygen atoms in total. The van der Waals surface area contributed by atoms with Gasteiger partial charge in [-0.15, -0.1) is 0 Å². The average Bonchev–Trinajstić information content (AvgIpc) is 2.83. The standard InChI is InChI=1S/C10H12N4O2/c1-7(15)3-4-8-12-9(13-16-8)10-11-5-6-14(10)2/h5-6H,3-4H2,1-2H3. The summed E-state index contributed by atoms with van der Waals surface area (Å²) in [6.07, 6.45) is 4.37. The van der Waals surface area contributed by atoms with Crippen LogP contribution in [0.4, 0.5) is 0 Å². The Morgan fingerprint density at radius 3 is 3.00 bits per heavy atom. The molecule has 0 bridgehead atoms. The van der Waals surface area contributed by atoms with E-state index in [9.17, 15) is 4.79 Å². The highest BCUT2D eigenvalue weighted by molar-refractivity contribution is 5.75. The maximum atomic E-state index is 10.8. The van der Waals surface area contributed by atoms with Gasteiger partial charge in [0.05, 0.1) is 0 Å². The van der Waals surface area contributed by atoms with Crippen LogP contribution >= 0.6 is 0 Å². The van der Waals surface area contributed by atoms with Gasteiger partial charge in [0.1, 0.15) is 5.78 Å². The number of ketones is 1. The van der Waals surface area contributed by atoms with Gasteiger partial charge < -0.3 is 13.9 Å². The monoisotopic (exact) mass is 220 g/mol. The van der Waals surface area contributed by atoms with Gasteiger partial charge in [-0.2, -0.15) is 4.98 Å². The fraction of sp³-hybridized carbons (Fsp3) is 0.400. The van der Waals surface area contributed by atoms with E-state index in [1.807, 2.05) is 7.05 Å². The zero-order valence-electron chi connectivity index (χ0n) is 9.17. The lowest BCUT2D eigenvalue weighted by atomic mass is 10.2. The summed E-state index contributed by atoms with van der Waals surface area (Å²) in [7, 11) is 1.86. The third kappa shape index (κ3) is 2.16. The van der Waals surface area contributed by atoms with Crippen molar-refractivity contribution >= 4 is 5.78 Å². The zero-order chi connectivity index (χ0) is 11.5. The molecule has 2 rings (SSSR count). The van der Waals surface area contributed by atoms with E-state index in [1.165, 1.54) is 6.92 Å². The number of imidazole rings is 1. The van der Waals surface area contributed by atoms with Gasteiger partial charge in [-0.1, -0.05) is 5.16 Å². The van der Waals surface area contributed by atoms with Crippen LogP contribution in [0.2, 0.25) is 0 Å². The highest BCUT2D eigenvalue weighted by Gasteiger charge is 2.12. The van der Waals surface area contributed by atoms with Crippen LogP contribution in [0.1, 0.15) is 19.2 Å². The van der Waals surface area contributed by atoms with Crippen molar-refractivity contribution in [3.63, 3.8) is 0 Å². The highest BCUT2D eigenvalue weighted by atomic mass is 16.5. The molecule has 0 saturated carbocycles. The lowest BCUT2D eigenvalue weighted by Crippen LogP contribution is -1.95. The number of aryl methyl sites for hydroxylation is 2. The number of carbonyl (C=O) groups is 1. The summed E-state index contributed by atoms with van der Waals surface area (Å²) in [5.74, 6) is 1.67. The Labute approximate surface area is 92.3 Å². The van der Waals surface area contributed by atoms with Crippen LogP contribution in [0.25, 0.3) is 11.6 Å². The maximum absolute atomic E-state index is 10.8. The topological polar surface area (TPSA) is 73.8 Å². The van der Waals surface area contributed by atoms with Gasteiger partial charge in [-0.25, -0.2) is 4.98 Å². The maximum Gasteiger partial charge on any atom is 0.238 e. The Balaban J connectivity index is 2.14. The molecule has 0 fully saturated rings. The molecule has 0 radical (unpaired) electrons. The predicted octanol–water partition coefficient (Wildman–Crippen LogP) is 0.992. The first-order valence-electron chi connectivity index (χ1n) is 4.96. The van der Waals surface area contributed by atoms with Crippen LogP contribution in [0.3, 0.4) is 0 Å². The lowest BCUT2D eigenvalue weighted by Gasteiger charge is -1.92.